The van der Waals surface area contributed by atoms with Gasteiger partial charge in [0.1, 0.15) is 17.9 Å². The molecule has 10 heteroatoms. The first kappa shape index (κ1) is 21.5. The Labute approximate surface area is 189 Å². The minimum absolute atomic E-state index is 0.0189. The average Bonchev–Trinajstić information content (AvgIpc) is 3.26. The quantitative estimate of drug-likeness (QED) is 0.422. The Hall–Kier alpha value is -2.72. The number of thioether (sulfide) groups is 1. The average molecular weight is 457 g/mol. The second-order valence-electron chi connectivity index (χ2n) is 7.05. The Kier molecular flexibility index (Phi) is 6.98. The predicted octanol–water partition coefficient (Wildman–Crippen LogP) is 3.97. The Balaban J connectivity index is 1.35. The maximum atomic E-state index is 12.6. The van der Waals surface area contributed by atoms with E-state index in [2.05, 4.69) is 37.3 Å². The van der Waals surface area contributed by atoms with Gasteiger partial charge >= 0.3 is 0 Å². The molecule has 162 valence electrons. The lowest BCUT2D eigenvalue weighted by atomic mass is 9.96. The number of anilines is 2. The molecule has 0 aliphatic carbocycles. The Bertz CT molecular complexity index is 1020. The highest BCUT2D eigenvalue weighted by molar-refractivity contribution is 8.01. The largest absolute Gasteiger partial charge is 0.497 e. The molecule has 1 saturated heterocycles. The fourth-order valence-corrected chi connectivity index (χ4v) is 5.11. The van der Waals surface area contributed by atoms with Crippen molar-refractivity contribution in [3.8, 4) is 17.0 Å². The number of amides is 1. The van der Waals surface area contributed by atoms with Crippen molar-refractivity contribution >= 4 is 40.0 Å². The molecular weight excluding hydrogens is 432 g/mol. The van der Waals surface area contributed by atoms with E-state index < -0.39 is 0 Å². The lowest BCUT2D eigenvalue weighted by Crippen LogP contribution is -2.38. The van der Waals surface area contributed by atoms with Gasteiger partial charge in [-0.15, -0.1) is 10.2 Å². The second-order valence-corrected chi connectivity index (χ2v) is 9.54. The summed E-state index contributed by atoms with van der Waals surface area (Å²) in [4.78, 5) is 23.7. The Morgan fingerprint density at radius 1 is 1.23 bits per heavy atom. The molecule has 2 aromatic heterocycles. The SMILES string of the molecule is CCSc1nnc(NC(=O)C2CCN(c3cc(-c4ccc(OC)cc4)ncn3)CC2)s1. The molecule has 0 atom stereocenters. The lowest BCUT2D eigenvalue weighted by molar-refractivity contribution is -0.120. The van der Waals surface area contributed by atoms with Gasteiger partial charge in [0.2, 0.25) is 11.0 Å². The number of carbonyl (C=O) groups is 1. The fourth-order valence-electron chi connectivity index (χ4n) is 3.46. The summed E-state index contributed by atoms with van der Waals surface area (Å²) in [7, 11) is 1.65. The van der Waals surface area contributed by atoms with Crippen LogP contribution >= 0.6 is 23.1 Å². The second kappa shape index (κ2) is 10.1. The van der Waals surface area contributed by atoms with E-state index in [0.29, 0.717) is 5.13 Å². The third kappa shape index (κ3) is 5.31. The zero-order valence-corrected chi connectivity index (χ0v) is 19.1. The van der Waals surface area contributed by atoms with Crippen molar-refractivity contribution in [3.05, 3.63) is 36.7 Å². The van der Waals surface area contributed by atoms with Crippen molar-refractivity contribution in [1.29, 1.82) is 0 Å². The molecule has 0 bridgehead atoms. The van der Waals surface area contributed by atoms with E-state index in [9.17, 15) is 4.79 Å². The van der Waals surface area contributed by atoms with Crippen LogP contribution in [-0.2, 0) is 4.79 Å². The van der Waals surface area contributed by atoms with Crippen LogP contribution in [0.4, 0.5) is 10.9 Å². The molecule has 1 aromatic carbocycles. The molecule has 0 unspecified atom stereocenters. The van der Waals surface area contributed by atoms with Crippen molar-refractivity contribution in [3.63, 3.8) is 0 Å². The summed E-state index contributed by atoms with van der Waals surface area (Å²) in [5.74, 6) is 2.61. The van der Waals surface area contributed by atoms with E-state index in [1.807, 2.05) is 30.3 Å². The number of aromatic nitrogens is 4. The van der Waals surface area contributed by atoms with Crippen molar-refractivity contribution in [2.45, 2.75) is 24.1 Å². The number of rotatable bonds is 7. The summed E-state index contributed by atoms with van der Waals surface area (Å²) >= 11 is 3.05. The zero-order valence-electron chi connectivity index (χ0n) is 17.4. The van der Waals surface area contributed by atoms with E-state index in [1.165, 1.54) is 11.3 Å². The van der Waals surface area contributed by atoms with E-state index in [0.717, 1.165) is 58.8 Å². The van der Waals surface area contributed by atoms with Crippen LogP contribution in [0, 0.1) is 5.92 Å². The molecule has 4 rings (SSSR count). The van der Waals surface area contributed by atoms with E-state index >= 15 is 0 Å². The maximum absolute atomic E-state index is 12.6. The van der Waals surface area contributed by atoms with Gasteiger partial charge in [-0.05, 0) is 42.9 Å². The monoisotopic (exact) mass is 456 g/mol. The van der Waals surface area contributed by atoms with Crippen LogP contribution in [0.25, 0.3) is 11.3 Å². The maximum Gasteiger partial charge on any atom is 0.229 e. The topological polar surface area (TPSA) is 93.1 Å². The molecule has 0 spiro atoms. The Morgan fingerprint density at radius 3 is 2.71 bits per heavy atom. The van der Waals surface area contributed by atoms with E-state index in [4.69, 9.17) is 4.74 Å². The molecule has 1 aliphatic heterocycles. The molecule has 1 fully saturated rings. The standard InChI is InChI=1S/C21H24N6O2S2/c1-3-30-21-26-25-20(31-21)24-19(28)15-8-10-27(11-9-15)18-12-17(22-13-23-18)14-4-6-16(29-2)7-5-14/h4-7,12-13,15H,3,8-11H2,1-2H3,(H,24,25,28). The van der Waals surface area contributed by atoms with Crippen LogP contribution in [0.2, 0.25) is 0 Å². The first-order chi connectivity index (χ1) is 15.2. The van der Waals surface area contributed by atoms with Crippen LogP contribution in [0.1, 0.15) is 19.8 Å². The smallest absolute Gasteiger partial charge is 0.229 e. The number of methoxy groups -OCH3 is 1. The van der Waals surface area contributed by atoms with Crippen LogP contribution in [0.15, 0.2) is 41.0 Å². The van der Waals surface area contributed by atoms with Crippen molar-refractivity contribution < 1.29 is 9.53 Å². The predicted molar refractivity (Wildman–Crippen MR) is 124 cm³/mol. The first-order valence-electron chi connectivity index (χ1n) is 10.1. The molecule has 0 radical (unpaired) electrons. The number of carbonyl (C=O) groups excluding carboxylic acids is 1. The van der Waals surface area contributed by atoms with Crippen molar-refractivity contribution in [2.24, 2.45) is 5.92 Å². The summed E-state index contributed by atoms with van der Waals surface area (Å²) < 4.78 is 6.10. The highest BCUT2D eigenvalue weighted by atomic mass is 32.2. The van der Waals surface area contributed by atoms with Gasteiger partial charge < -0.3 is 15.0 Å². The van der Waals surface area contributed by atoms with E-state index in [-0.39, 0.29) is 11.8 Å². The van der Waals surface area contributed by atoms with Crippen molar-refractivity contribution in [1.82, 2.24) is 20.2 Å². The van der Waals surface area contributed by atoms with Gasteiger partial charge in [0.05, 0.1) is 12.8 Å². The lowest BCUT2D eigenvalue weighted by Gasteiger charge is -2.32. The fraction of sp³-hybridized carbons (Fsp3) is 0.381. The molecule has 31 heavy (non-hydrogen) atoms. The summed E-state index contributed by atoms with van der Waals surface area (Å²) in [5.41, 5.74) is 1.88. The van der Waals surface area contributed by atoms with Gasteiger partial charge in [0, 0.05) is 30.6 Å². The van der Waals surface area contributed by atoms with Crippen LogP contribution in [0.5, 0.6) is 5.75 Å². The number of ether oxygens (including phenoxy) is 1. The summed E-state index contributed by atoms with van der Waals surface area (Å²) in [6.07, 6.45) is 3.13. The molecule has 8 nitrogen and oxygen atoms in total. The van der Waals surface area contributed by atoms with Crippen LogP contribution in [0.3, 0.4) is 0 Å². The van der Waals surface area contributed by atoms with Crippen LogP contribution in [-0.4, -0.2) is 52.0 Å². The van der Waals surface area contributed by atoms with Gasteiger partial charge in [-0.3, -0.25) is 4.79 Å². The molecule has 1 amide bonds. The third-order valence-corrected chi connectivity index (χ3v) is 6.99. The Morgan fingerprint density at radius 2 is 2.00 bits per heavy atom. The molecule has 3 heterocycles. The highest BCUT2D eigenvalue weighted by Gasteiger charge is 2.26. The number of piperidine rings is 1. The minimum Gasteiger partial charge on any atom is -0.497 e. The minimum atomic E-state index is -0.0367. The van der Waals surface area contributed by atoms with E-state index in [1.54, 1.807) is 25.2 Å². The van der Waals surface area contributed by atoms with Gasteiger partial charge in [-0.1, -0.05) is 30.0 Å². The van der Waals surface area contributed by atoms with Crippen molar-refractivity contribution in [2.75, 3.05) is 36.2 Å². The third-order valence-electron chi connectivity index (χ3n) is 5.13. The summed E-state index contributed by atoms with van der Waals surface area (Å²) in [6, 6.07) is 9.81. The molecule has 1 aliphatic rings. The molecule has 0 saturated carbocycles. The number of nitrogens with one attached hydrogen (secondary N) is 1. The normalized spacial score (nSPS) is 14.5. The number of benzene rings is 1. The first-order valence-corrected chi connectivity index (χ1v) is 11.9. The van der Waals surface area contributed by atoms with Gasteiger partial charge in [-0.2, -0.15) is 0 Å². The van der Waals surface area contributed by atoms with Gasteiger partial charge in [0.25, 0.3) is 0 Å². The molecule has 3 aromatic rings. The highest BCUT2D eigenvalue weighted by Crippen LogP contribution is 2.28. The van der Waals surface area contributed by atoms with Gasteiger partial charge in [-0.25, -0.2) is 9.97 Å². The summed E-state index contributed by atoms with van der Waals surface area (Å²) in [5, 5.41) is 11.6. The zero-order chi connectivity index (χ0) is 21.6. The van der Waals surface area contributed by atoms with Gasteiger partial charge in [0.15, 0.2) is 4.34 Å². The number of nitrogens with zero attached hydrogens (tertiary/aromatic N) is 5. The molecular formula is C21H24N6O2S2. The number of hydrogen-bond donors (Lipinski definition) is 1. The van der Waals surface area contributed by atoms with Crippen LogP contribution < -0.4 is 15.0 Å². The number of hydrogen-bond acceptors (Lipinski definition) is 9. The molecule has 1 N–H and O–H groups in total. The summed E-state index contributed by atoms with van der Waals surface area (Å²) in [6.45, 7) is 3.60.